The number of rotatable bonds is 4. The predicted molar refractivity (Wildman–Crippen MR) is 85.6 cm³/mol. The Morgan fingerprint density at radius 2 is 2.10 bits per heavy atom. The van der Waals surface area contributed by atoms with E-state index in [1.165, 1.54) is 0 Å². The van der Waals surface area contributed by atoms with Crippen molar-refractivity contribution in [2.45, 2.75) is 6.42 Å². The lowest BCUT2D eigenvalue weighted by molar-refractivity contribution is 0.0946. The van der Waals surface area contributed by atoms with Gasteiger partial charge in [-0.1, -0.05) is 29.3 Å². The van der Waals surface area contributed by atoms with Gasteiger partial charge in [0.1, 0.15) is 5.69 Å². The molecular formula is C14H13BrCl2N2O. The van der Waals surface area contributed by atoms with Crippen molar-refractivity contribution in [2.24, 2.45) is 7.05 Å². The molecule has 2 aromatic rings. The minimum absolute atomic E-state index is 0.108. The molecule has 1 aromatic heterocycles. The molecule has 6 heteroatoms. The van der Waals surface area contributed by atoms with E-state index in [9.17, 15) is 4.79 Å². The first-order valence-corrected chi connectivity index (χ1v) is 7.56. The summed E-state index contributed by atoms with van der Waals surface area (Å²) in [5.74, 6) is -0.108. The number of hydrogen-bond acceptors (Lipinski definition) is 1. The second kappa shape index (κ2) is 6.66. The van der Waals surface area contributed by atoms with Crippen LogP contribution in [0.3, 0.4) is 0 Å². The summed E-state index contributed by atoms with van der Waals surface area (Å²) in [6.45, 7) is 0.517. The summed E-state index contributed by atoms with van der Waals surface area (Å²) in [5.41, 5.74) is 1.57. The number of benzene rings is 1. The Morgan fingerprint density at radius 1 is 1.35 bits per heavy atom. The molecule has 106 valence electrons. The van der Waals surface area contributed by atoms with E-state index in [0.717, 1.165) is 10.0 Å². The van der Waals surface area contributed by atoms with Gasteiger partial charge in [-0.3, -0.25) is 4.79 Å². The van der Waals surface area contributed by atoms with Crippen LogP contribution in [0.15, 0.2) is 34.9 Å². The molecule has 3 nitrogen and oxygen atoms in total. The highest BCUT2D eigenvalue weighted by atomic mass is 79.9. The molecule has 0 atom stereocenters. The lowest BCUT2D eigenvalue weighted by atomic mass is 10.1. The zero-order valence-corrected chi connectivity index (χ0v) is 13.9. The van der Waals surface area contributed by atoms with Crippen molar-refractivity contribution in [1.82, 2.24) is 9.88 Å². The Labute approximate surface area is 136 Å². The second-order valence-corrected chi connectivity index (χ2v) is 6.16. The first-order chi connectivity index (χ1) is 9.47. The summed E-state index contributed by atoms with van der Waals surface area (Å²) in [6, 6.07) is 7.15. The maximum Gasteiger partial charge on any atom is 0.267 e. The van der Waals surface area contributed by atoms with Crippen molar-refractivity contribution in [3.63, 3.8) is 0 Å². The van der Waals surface area contributed by atoms with Gasteiger partial charge < -0.3 is 9.88 Å². The van der Waals surface area contributed by atoms with Crippen LogP contribution < -0.4 is 5.32 Å². The van der Waals surface area contributed by atoms with Crippen LogP contribution in [0.4, 0.5) is 0 Å². The highest BCUT2D eigenvalue weighted by Crippen LogP contribution is 2.21. The van der Waals surface area contributed by atoms with Crippen LogP contribution in [0.1, 0.15) is 16.1 Å². The standard InChI is InChI=1S/C14H13BrCl2N2O/c1-19-8-10(15)6-13(19)14(20)18-5-4-9-2-3-11(16)7-12(9)17/h2-3,6-8H,4-5H2,1H3,(H,18,20). The van der Waals surface area contributed by atoms with Crippen LogP contribution in [0, 0.1) is 0 Å². The number of carbonyl (C=O) groups is 1. The Morgan fingerprint density at radius 3 is 2.70 bits per heavy atom. The average molecular weight is 376 g/mol. The monoisotopic (exact) mass is 374 g/mol. The van der Waals surface area contributed by atoms with E-state index in [1.807, 2.05) is 19.3 Å². The summed E-state index contributed by atoms with van der Waals surface area (Å²) >= 11 is 15.3. The molecule has 20 heavy (non-hydrogen) atoms. The van der Waals surface area contributed by atoms with Crippen molar-refractivity contribution in [2.75, 3.05) is 6.54 Å². The smallest absolute Gasteiger partial charge is 0.267 e. The number of amides is 1. The average Bonchev–Trinajstić information content (AvgIpc) is 2.71. The first-order valence-electron chi connectivity index (χ1n) is 6.01. The third kappa shape index (κ3) is 3.78. The Balaban J connectivity index is 1.93. The Bertz CT molecular complexity index is 640. The van der Waals surface area contributed by atoms with Crippen LogP contribution in [-0.4, -0.2) is 17.0 Å². The van der Waals surface area contributed by atoms with Crippen LogP contribution in [-0.2, 0) is 13.5 Å². The van der Waals surface area contributed by atoms with Crippen molar-refractivity contribution >= 4 is 45.0 Å². The molecular weight excluding hydrogens is 363 g/mol. The molecule has 0 fully saturated rings. The van der Waals surface area contributed by atoms with Crippen molar-refractivity contribution < 1.29 is 4.79 Å². The molecule has 0 aliphatic heterocycles. The number of aromatic nitrogens is 1. The van der Waals surface area contributed by atoms with Crippen LogP contribution in [0.2, 0.25) is 10.0 Å². The molecule has 1 amide bonds. The van der Waals surface area contributed by atoms with Gasteiger partial charge in [-0.15, -0.1) is 0 Å². The summed E-state index contributed by atoms with van der Waals surface area (Å²) in [7, 11) is 1.83. The van der Waals surface area contributed by atoms with Gasteiger partial charge in [0, 0.05) is 34.3 Å². The Hall–Kier alpha value is -0.970. The molecule has 0 aliphatic rings. The van der Waals surface area contributed by atoms with Gasteiger partial charge in [0.05, 0.1) is 0 Å². The van der Waals surface area contributed by atoms with E-state index in [4.69, 9.17) is 23.2 Å². The van der Waals surface area contributed by atoms with E-state index >= 15 is 0 Å². The van der Waals surface area contributed by atoms with E-state index in [-0.39, 0.29) is 5.91 Å². The van der Waals surface area contributed by atoms with Crippen LogP contribution in [0.25, 0.3) is 0 Å². The zero-order valence-electron chi connectivity index (χ0n) is 10.8. The lowest BCUT2D eigenvalue weighted by Gasteiger charge is -2.07. The van der Waals surface area contributed by atoms with Gasteiger partial charge >= 0.3 is 0 Å². The molecule has 0 spiro atoms. The fraction of sp³-hybridized carbons (Fsp3) is 0.214. The molecule has 1 heterocycles. The third-order valence-electron chi connectivity index (χ3n) is 2.90. The van der Waals surface area contributed by atoms with Gasteiger partial charge in [0.2, 0.25) is 0 Å². The van der Waals surface area contributed by atoms with Gasteiger partial charge in [0.25, 0.3) is 5.91 Å². The lowest BCUT2D eigenvalue weighted by Crippen LogP contribution is -2.27. The normalized spacial score (nSPS) is 10.6. The zero-order chi connectivity index (χ0) is 14.7. The van der Waals surface area contributed by atoms with E-state index in [0.29, 0.717) is 28.7 Å². The number of nitrogens with one attached hydrogen (secondary N) is 1. The van der Waals surface area contributed by atoms with Gasteiger partial charge in [-0.25, -0.2) is 0 Å². The molecule has 0 aliphatic carbocycles. The molecule has 0 bridgehead atoms. The maximum absolute atomic E-state index is 12.0. The SMILES string of the molecule is Cn1cc(Br)cc1C(=O)NCCc1ccc(Cl)cc1Cl. The summed E-state index contributed by atoms with van der Waals surface area (Å²) in [4.78, 5) is 12.0. The summed E-state index contributed by atoms with van der Waals surface area (Å²) in [5, 5.41) is 4.10. The number of nitrogens with zero attached hydrogens (tertiary/aromatic N) is 1. The number of halogens is 3. The minimum atomic E-state index is -0.108. The largest absolute Gasteiger partial charge is 0.350 e. The topological polar surface area (TPSA) is 34.0 Å². The predicted octanol–water partition coefficient (Wildman–Crippen LogP) is 4.07. The number of hydrogen-bond donors (Lipinski definition) is 1. The molecule has 1 aromatic carbocycles. The summed E-state index contributed by atoms with van der Waals surface area (Å²) < 4.78 is 2.65. The quantitative estimate of drug-likeness (QED) is 0.858. The van der Waals surface area contributed by atoms with Crippen LogP contribution in [0.5, 0.6) is 0 Å². The van der Waals surface area contributed by atoms with E-state index < -0.39 is 0 Å². The maximum atomic E-state index is 12.0. The van der Waals surface area contributed by atoms with Crippen LogP contribution >= 0.6 is 39.1 Å². The molecule has 0 radical (unpaired) electrons. The molecule has 0 saturated carbocycles. The van der Waals surface area contributed by atoms with Crippen molar-refractivity contribution in [3.05, 3.63) is 56.2 Å². The third-order valence-corrected chi connectivity index (χ3v) is 3.92. The second-order valence-electron chi connectivity index (χ2n) is 4.40. The van der Waals surface area contributed by atoms with Gasteiger partial charge in [-0.2, -0.15) is 0 Å². The van der Waals surface area contributed by atoms with Gasteiger partial charge in [0.15, 0.2) is 0 Å². The fourth-order valence-corrected chi connectivity index (χ4v) is 2.90. The molecule has 1 N–H and O–H groups in total. The van der Waals surface area contributed by atoms with Gasteiger partial charge in [-0.05, 0) is 46.1 Å². The molecule has 0 unspecified atom stereocenters. The highest BCUT2D eigenvalue weighted by Gasteiger charge is 2.10. The molecule has 2 rings (SSSR count). The minimum Gasteiger partial charge on any atom is -0.350 e. The number of carbonyl (C=O) groups excluding carboxylic acids is 1. The molecule has 0 saturated heterocycles. The first kappa shape index (κ1) is 15.4. The number of aryl methyl sites for hydroxylation is 1. The van der Waals surface area contributed by atoms with E-state index in [2.05, 4.69) is 21.2 Å². The van der Waals surface area contributed by atoms with Crippen molar-refractivity contribution in [3.8, 4) is 0 Å². The summed E-state index contributed by atoms with van der Waals surface area (Å²) in [6.07, 6.45) is 2.50. The highest BCUT2D eigenvalue weighted by molar-refractivity contribution is 9.10. The van der Waals surface area contributed by atoms with E-state index in [1.54, 1.807) is 22.8 Å². The fourth-order valence-electron chi connectivity index (χ4n) is 1.88. The van der Waals surface area contributed by atoms with Crippen molar-refractivity contribution in [1.29, 1.82) is 0 Å². The Kier molecular flexibility index (Phi) is 5.13.